The maximum absolute atomic E-state index is 12.3. The van der Waals surface area contributed by atoms with Gasteiger partial charge in [0, 0.05) is 19.0 Å². The Labute approximate surface area is 152 Å². The largest absolute Gasteiger partial charge is 0.484 e. The highest BCUT2D eigenvalue weighted by molar-refractivity contribution is 5.85. The van der Waals surface area contributed by atoms with Crippen LogP contribution >= 0.6 is 0 Å². The van der Waals surface area contributed by atoms with Crippen molar-refractivity contribution in [2.24, 2.45) is 11.8 Å². The molecule has 2 aliphatic rings. The second-order valence-corrected chi connectivity index (χ2v) is 6.92. The van der Waals surface area contributed by atoms with Crippen molar-refractivity contribution in [1.29, 1.82) is 0 Å². The smallest absolute Gasteiger partial charge is 0.326 e. The average Bonchev–Trinajstić information content (AvgIpc) is 3.49. The molecule has 1 aliphatic heterocycles. The maximum Gasteiger partial charge on any atom is 0.326 e. The predicted octanol–water partition coefficient (Wildman–Crippen LogP) is 1.28. The number of ether oxygens (including phenoxy) is 1. The molecule has 1 atom stereocenters. The van der Waals surface area contributed by atoms with E-state index in [2.05, 4.69) is 5.32 Å². The van der Waals surface area contributed by atoms with Crippen molar-refractivity contribution >= 4 is 17.8 Å². The molecule has 1 saturated heterocycles. The Balaban J connectivity index is 1.42. The molecule has 0 radical (unpaired) electrons. The lowest BCUT2D eigenvalue weighted by atomic mass is 9.95. The number of carboxylic acids is 1. The van der Waals surface area contributed by atoms with Gasteiger partial charge < -0.3 is 20.1 Å². The summed E-state index contributed by atoms with van der Waals surface area (Å²) >= 11 is 0. The zero-order chi connectivity index (χ0) is 18.5. The molecule has 2 amide bonds. The second kappa shape index (κ2) is 8.21. The highest BCUT2D eigenvalue weighted by Crippen LogP contribution is 2.33. The third-order valence-corrected chi connectivity index (χ3v) is 4.98. The summed E-state index contributed by atoms with van der Waals surface area (Å²) in [5.74, 6) is -0.810. The van der Waals surface area contributed by atoms with Crippen molar-refractivity contribution in [3.63, 3.8) is 0 Å². The van der Waals surface area contributed by atoms with Crippen LogP contribution in [0.2, 0.25) is 0 Å². The van der Waals surface area contributed by atoms with Gasteiger partial charge in [-0.15, -0.1) is 0 Å². The number of nitrogens with one attached hydrogen (secondary N) is 1. The number of benzene rings is 1. The topological polar surface area (TPSA) is 95.9 Å². The van der Waals surface area contributed by atoms with Gasteiger partial charge in [-0.25, -0.2) is 4.79 Å². The van der Waals surface area contributed by atoms with E-state index in [4.69, 9.17) is 4.74 Å². The summed E-state index contributed by atoms with van der Waals surface area (Å²) in [4.78, 5) is 37.5. The summed E-state index contributed by atoms with van der Waals surface area (Å²) < 4.78 is 5.47. The van der Waals surface area contributed by atoms with Crippen LogP contribution in [0.15, 0.2) is 30.3 Å². The summed E-state index contributed by atoms with van der Waals surface area (Å²) in [6.45, 7) is 0.941. The molecule has 26 heavy (non-hydrogen) atoms. The Morgan fingerprint density at radius 2 is 1.77 bits per heavy atom. The fraction of sp³-hybridized carbons (Fsp3) is 0.526. The molecular formula is C19H24N2O5. The van der Waals surface area contributed by atoms with Gasteiger partial charge in [0.1, 0.15) is 11.8 Å². The number of piperidine rings is 1. The van der Waals surface area contributed by atoms with Crippen LogP contribution in [0.5, 0.6) is 5.75 Å². The third-order valence-electron chi connectivity index (χ3n) is 4.98. The molecule has 140 valence electrons. The highest BCUT2D eigenvalue weighted by atomic mass is 16.5. The van der Waals surface area contributed by atoms with Gasteiger partial charge in [0.25, 0.3) is 5.91 Å². The van der Waals surface area contributed by atoms with Crippen molar-refractivity contribution in [1.82, 2.24) is 10.2 Å². The van der Waals surface area contributed by atoms with E-state index in [-0.39, 0.29) is 30.3 Å². The number of hydrogen-bond acceptors (Lipinski definition) is 4. The molecule has 7 heteroatoms. The van der Waals surface area contributed by atoms with E-state index in [0.717, 1.165) is 12.8 Å². The van der Waals surface area contributed by atoms with E-state index in [0.29, 0.717) is 31.7 Å². The number of likely N-dealkylation sites (tertiary alicyclic amines) is 1. The molecule has 2 fully saturated rings. The zero-order valence-electron chi connectivity index (χ0n) is 14.6. The van der Waals surface area contributed by atoms with E-state index >= 15 is 0 Å². The van der Waals surface area contributed by atoms with E-state index in [1.165, 1.54) is 0 Å². The lowest BCUT2D eigenvalue weighted by Crippen LogP contribution is -2.48. The van der Waals surface area contributed by atoms with Crippen LogP contribution < -0.4 is 10.1 Å². The third kappa shape index (κ3) is 4.74. The van der Waals surface area contributed by atoms with Crippen LogP contribution in [-0.2, 0) is 14.4 Å². The average molecular weight is 360 g/mol. The molecule has 1 unspecified atom stereocenters. The molecule has 1 heterocycles. The minimum atomic E-state index is -0.966. The van der Waals surface area contributed by atoms with Gasteiger partial charge in [-0.05, 0) is 43.7 Å². The quantitative estimate of drug-likeness (QED) is 0.764. The van der Waals surface area contributed by atoms with Crippen LogP contribution in [0.3, 0.4) is 0 Å². The Morgan fingerprint density at radius 3 is 2.35 bits per heavy atom. The number of hydrogen-bond donors (Lipinski definition) is 2. The molecule has 0 spiro atoms. The summed E-state index contributed by atoms with van der Waals surface area (Å²) in [5, 5.41) is 11.9. The number of aliphatic carboxylic acids is 1. The van der Waals surface area contributed by atoms with Gasteiger partial charge in [0.05, 0.1) is 0 Å². The van der Waals surface area contributed by atoms with Crippen LogP contribution in [0, 0.1) is 11.8 Å². The van der Waals surface area contributed by atoms with E-state index in [1.807, 2.05) is 18.2 Å². The monoisotopic (exact) mass is 360 g/mol. The number of carbonyl (C=O) groups is 3. The number of nitrogens with zero attached hydrogens (tertiary/aromatic N) is 1. The first-order valence-electron chi connectivity index (χ1n) is 9.03. The standard InChI is InChI=1S/C19H24N2O5/c22-16(12-26-15-4-2-1-3-5-15)21-10-8-14(9-11-21)18(23)20-17(19(24)25)13-6-7-13/h1-5,13-14,17H,6-12H2,(H,20,23)(H,24,25). The minimum absolute atomic E-state index is 0.0242. The summed E-state index contributed by atoms with van der Waals surface area (Å²) in [6.07, 6.45) is 2.79. The van der Waals surface area contributed by atoms with Crippen molar-refractivity contribution < 1.29 is 24.2 Å². The van der Waals surface area contributed by atoms with Gasteiger partial charge in [0.15, 0.2) is 6.61 Å². The molecular weight excluding hydrogens is 336 g/mol. The Bertz CT molecular complexity index is 651. The Kier molecular flexibility index (Phi) is 5.75. The number of para-hydroxylation sites is 1. The van der Waals surface area contributed by atoms with Crippen molar-refractivity contribution in [2.75, 3.05) is 19.7 Å². The molecule has 0 bridgehead atoms. The van der Waals surface area contributed by atoms with Crippen LogP contribution in [0.4, 0.5) is 0 Å². The number of carbonyl (C=O) groups excluding carboxylic acids is 2. The maximum atomic E-state index is 12.3. The highest BCUT2D eigenvalue weighted by Gasteiger charge is 2.38. The normalized spacial score (nSPS) is 18.8. The first-order chi connectivity index (χ1) is 12.5. The van der Waals surface area contributed by atoms with Crippen LogP contribution in [0.25, 0.3) is 0 Å². The molecule has 3 rings (SSSR count). The molecule has 2 N–H and O–H groups in total. The van der Waals surface area contributed by atoms with Gasteiger partial charge in [-0.2, -0.15) is 0 Å². The SMILES string of the molecule is O=C(NC(C(=O)O)C1CC1)C1CCN(C(=O)COc2ccccc2)CC1. The molecule has 7 nitrogen and oxygen atoms in total. The molecule has 1 aliphatic carbocycles. The Hall–Kier alpha value is -2.57. The van der Waals surface area contributed by atoms with Crippen molar-refractivity contribution in [3.8, 4) is 5.75 Å². The van der Waals surface area contributed by atoms with E-state index in [9.17, 15) is 19.5 Å². The zero-order valence-corrected chi connectivity index (χ0v) is 14.6. The van der Waals surface area contributed by atoms with E-state index < -0.39 is 12.0 Å². The van der Waals surface area contributed by atoms with Crippen LogP contribution in [-0.4, -0.2) is 53.5 Å². The van der Waals surface area contributed by atoms with Crippen LogP contribution in [0.1, 0.15) is 25.7 Å². The molecule has 1 aromatic rings. The van der Waals surface area contributed by atoms with Gasteiger partial charge >= 0.3 is 5.97 Å². The van der Waals surface area contributed by atoms with E-state index in [1.54, 1.807) is 17.0 Å². The number of rotatable bonds is 7. The summed E-state index contributed by atoms with van der Waals surface area (Å²) in [6, 6.07) is 8.38. The number of amides is 2. The van der Waals surface area contributed by atoms with Crippen molar-refractivity contribution in [3.05, 3.63) is 30.3 Å². The Morgan fingerprint density at radius 1 is 1.12 bits per heavy atom. The number of carboxylic acid groups (broad SMARTS) is 1. The fourth-order valence-corrected chi connectivity index (χ4v) is 3.23. The first-order valence-corrected chi connectivity index (χ1v) is 9.03. The van der Waals surface area contributed by atoms with Gasteiger partial charge in [-0.1, -0.05) is 18.2 Å². The minimum Gasteiger partial charge on any atom is -0.484 e. The molecule has 1 saturated carbocycles. The molecule has 1 aromatic carbocycles. The van der Waals surface area contributed by atoms with Gasteiger partial charge in [-0.3, -0.25) is 9.59 Å². The second-order valence-electron chi connectivity index (χ2n) is 6.92. The fourth-order valence-electron chi connectivity index (χ4n) is 3.23. The summed E-state index contributed by atoms with van der Waals surface area (Å²) in [7, 11) is 0. The van der Waals surface area contributed by atoms with Gasteiger partial charge in [0.2, 0.25) is 5.91 Å². The predicted molar refractivity (Wildman–Crippen MR) is 93.5 cm³/mol. The van der Waals surface area contributed by atoms with Crippen molar-refractivity contribution in [2.45, 2.75) is 31.7 Å². The lowest BCUT2D eigenvalue weighted by Gasteiger charge is -2.31. The summed E-state index contributed by atoms with van der Waals surface area (Å²) in [5.41, 5.74) is 0. The lowest BCUT2D eigenvalue weighted by molar-refractivity contribution is -0.143. The first kappa shape index (κ1) is 18.2. The molecule has 0 aromatic heterocycles.